The Morgan fingerprint density at radius 1 is 0.533 bits per heavy atom. The second-order valence-electron chi connectivity index (χ2n) is 11.2. The molecule has 0 aliphatic rings. The number of fused-ring (bicyclic) bond motifs is 10. The third-order valence-electron chi connectivity index (χ3n) is 8.64. The van der Waals surface area contributed by atoms with Crippen LogP contribution in [-0.4, -0.2) is 4.57 Å². The molecule has 0 N–H and O–H groups in total. The minimum atomic E-state index is -0.458. The summed E-state index contributed by atoms with van der Waals surface area (Å²) in [7, 11) is 0. The van der Waals surface area contributed by atoms with Gasteiger partial charge in [0, 0.05) is 42.7 Å². The van der Waals surface area contributed by atoms with E-state index in [0.29, 0.717) is 5.56 Å². The van der Waals surface area contributed by atoms with Gasteiger partial charge in [-0.2, -0.15) is 0 Å². The molecular formula is C42H25NOS. The second kappa shape index (κ2) is 9.43. The van der Waals surface area contributed by atoms with Crippen molar-refractivity contribution in [2.75, 3.05) is 0 Å². The lowest BCUT2D eigenvalue weighted by Gasteiger charge is -2.14. The van der Waals surface area contributed by atoms with Crippen LogP contribution < -0.4 is 0 Å². The fourth-order valence-electron chi connectivity index (χ4n) is 6.63. The Bertz CT molecular complexity index is 3160. The van der Waals surface area contributed by atoms with Crippen LogP contribution in [0, 0.1) is 0 Å². The van der Waals surface area contributed by atoms with E-state index in [1.54, 1.807) is 11.3 Å². The summed E-state index contributed by atoms with van der Waals surface area (Å²) in [6.45, 7) is 0. The van der Waals surface area contributed by atoms with Crippen molar-refractivity contribution in [1.29, 1.82) is 0 Å². The van der Waals surface area contributed by atoms with E-state index in [1.807, 2.05) is 54.6 Å². The van der Waals surface area contributed by atoms with Gasteiger partial charge in [-0.1, -0.05) is 103 Å². The Hall–Kier alpha value is -5.64. The smallest absolute Gasteiger partial charge is 0.135 e. The number of rotatable bonds is 3. The van der Waals surface area contributed by atoms with E-state index >= 15 is 0 Å². The van der Waals surface area contributed by atoms with Crippen molar-refractivity contribution < 1.29 is 14.0 Å². The molecular weight excluding hydrogens is 567 g/mol. The molecule has 0 unspecified atom stereocenters. The standard InChI is InChI=1S/C42H25NOS/c1-2-10-26(11-3-1)28-22-29(27-18-21-39-36(25-27)32-13-5-8-16-38(32)44-39)24-30(23-28)43-37-15-7-4-12-31(37)34-19-20-35-33-14-6-9-17-40(33)45-42(35)41(34)43/h1-25H/i5D,8D,13D,16D,18D,21D,25D. The van der Waals surface area contributed by atoms with Crippen molar-refractivity contribution in [2.45, 2.75) is 0 Å². The van der Waals surface area contributed by atoms with Crippen LogP contribution in [0.25, 0.3) is 91.9 Å². The predicted molar refractivity (Wildman–Crippen MR) is 192 cm³/mol. The topological polar surface area (TPSA) is 18.1 Å². The Balaban J connectivity index is 1.35. The number of benzene rings is 7. The largest absolute Gasteiger partial charge is 0.456 e. The first-order valence-electron chi connectivity index (χ1n) is 18.2. The third-order valence-corrected chi connectivity index (χ3v) is 9.83. The molecule has 10 rings (SSSR count). The lowest BCUT2D eigenvalue weighted by Crippen LogP contribution is -1.96. The maximum Gasteiger partial charge on any atom is 0.135 e. The summed E-state index contributed by atoms with van der Waals surface area (Å²) >= 11 is 1.75. The van der Waals surface area contributed by atoms with Crippen LogP contribution in [0.3, 0.4) is 0 Å². The van der Waals surface area contributed by atoms with Gasteiger partial charge in [0.05, 0.1) is 25.3 Å². The molecule has 3 heteroatoms. The van der Waals surface area contributed by atoms with Gasteiger partial charge in [0.2, 0.25) is 0 Å². The molecule has 0 saturated carbocycles. The molecule has 0 aliphatic carbocycles. The van der Waals surface area contributed by atoms with Crippen LogP contribution in [0.2, 0.25) is 0 Å². The number of furan rings is 1. The van der Waals surface area contributed by atoms with Gasteiger partial charge in [0.15, 0.2) is 0 Å². The number of thiophene rings is 1. The zero-order valence-corrected chi connectivity index (χ0v) is 24.5. The predicted octanol–water partition coefficient (Wildman–Crippen LogP) is 12.4. The summed E-state index contributed by atoms with van der Waals surface area (Å²) < 4.78 is 72.0. The Morgan fingerprint density at radius 3 is 2.18 bits per heavy atom. The van der Waals surface area contributed by atoms with Crippen LogP contribution in [0.1, 0.15) is 9.60 Å². The monoisotopic (exact) mass is 598 g/mol. The summed E-state index contributed by atoms with van der Waals surface area (Å²) in [5.41, 5.74) is 5.15. The highest BCUT2D eigenvalue weighted by molar-refractivity contribution is 7.26. The molecule has 0 saturated heterocycles. The van der Waals surface area contributed by atoms with Crippen molar-refractivity contribution in [3.8, 4) is 27.9 Å². The van der Waals surface area contributed by atoms with E-state index in [0.717, 1.165) is 43.3 Å². The highest BCUT2D eigenvalue weighted by Crippen LogP contribution is 2.44. The van der Waals surface area contributed by atoms with Crippen molar-refractivity contribution in [1.82, 2.24) is 4.57 Å². The summed E-state index contributed by atoms with van der Waals surface area (Å²) in [5, 5.41) is 4.69. The number of para-hydroxylation sites is 2. The van der Waals surface area contributed by atoms with Gasteiger partial charge in [-0.15, -0.1) is 11.3 Å². The molecule has 0 radical (unpaired) electrons. The van der Waals surface area contributed by atoms with Crippen LogP contribution in [0.15, 0.2) is 156 Å². The highest BCUT2D eigenvalue weighted by Gasteiger charge is 2.19. The van der Waals surface area contributed by atoms with Crippen LogP contribution in [0.5, 0.6) is 0 Å². The molecule has 3 heterocycles. The van der Waals surface area contributed by atoms with E-state index in [9.17, 15) is 2.74 Å². The molecule has 0 amide bonds. The summed E-state index contributed by atoms with van der Waals surface area (Å²) in [4.78, 5) is 0. The van der Waals surface area contributed by atoms with Gasteiger partial charge in [-0.05, 0) is 70.7 Å². The number of hydrogen-bond acceptors (Lipinski definition) is 2. The van der Waals surface area contributed by atoms with Crippen LogP contribution in [0.4, 0.5) is 0 Å². The first-order chi connectivity index (χ1) is 25.2. The zero-order valence-electron chi connectivity index (χ0n) is 30.7. The number of aromatic nitrogens is 1. The Morgan fingerprint density at radius 2 is 1.27 bits per heavy atom. The van der Waals surface area contributed by atoms with Crippen molar-refractivity contribution >= 4 is 75.3 Å². The summed E-state index contributed by atoms with van der Waals surface area (Å²) in [5.74, 6) is 0. The molecule has 7 aromatic carbocycles. The number of nitrogens with zero attached hydrogens (tertiary/aromatic N) is 1. The van der Waals surface area contributed by atoms with E-state index in [2.05, 4.69) is 59.2 Å². The second-order valence-corrected chi connectivity index (χ2v) is 12.2. The molecule has 0 spiro atoms. The summed E-state index contributed by atoms with van der Waals surface area (Å²) in [6, 6.07) is 34.7. The van der Waals surface area contributed by atoms with Crippen molar-refractivity contribution in [2.24, 2.45) is 0 Å². The fraction of sp³-hybridized carbons (Fsp3) is 0. The summed E-state index contributed by atoms with van der Waals surface area (Å²) in [6.07, 6.45) is 0. The minimum Gasteiger partial charge on any atom is -0.456 e. The first-order valence-corrected chi connectivity index (χ1v) is 15.5. The average molecular weight is 599 g/mol. The lowest BCUT2D eigenvalue weighted by molar-refractivity contribution is 0.669. The van der Waals surface area contributed by atoms with E-state index in [4.69, 9.17) is 11.3 Å². The van der Waals surface area contributed by atoms with Gasteiger partial charge in [-0.3, -0.25) is 0 Å². The molecule has 2 nitrogen and oxygen atoms in total. The van der Waals surface area contributed by atoms with E-state index in [1.165, 1.54) is 15.5 Å². The maximum absolute atomic E-state index is 9.54. The minimum absolute atomic E-state index is 0.0368. The quantitative estimate of drug-likeness (QED) is 0.198. The van der Waals surface area contributed by atoms with E-state index < -0.39 is 12.1 Å². The SMILES string of the molecule is [2H]c1c([2H])c([2H])c2c(oc3c([2H])c([2H])c(-c4cc(-c5ccccc5)cc(-n5c6ccccc6c6ccc7c8ccccc8sc7c65)c4)c([2H])c32)c1[2H]. The third kappa shape index (κ3) is 3.68. The first kappa shape index (κ1) is 18.9. The molecule has 0 aliphatic heterocycles. The van der Waals surface area contributed by atoms with Crippen molar-refractivity contribution in [3.05, 3.63) is 151 Å². The lowest BCUT2D eigenvalue weighted by atomic mass is 9.97. The molecule has 10 aromatic rings. The maximum atomic E-state index is 9.54. The fourth-order valence-corrected chi connectivity index (χ4v) is 7.87. The van der Waals surface area contributed by atoms with Crippen LogP contribution >= 0.6 is 11.3 Å². The Kier molecular flexibility index (Phi) is 3.96. The zero-order chi connectivity index (χ0) is 35.6. The van der Waals surface area contributed by atoms with Gasteiger partial charge in [-0.25, -0.2) is 0 Å². The van der Waals surface area contributed by atoms with Crippen LogP contribution in [-0.2, 0) is 0 Å². The van der Waals surface area contributed by atoms with Gasteiger partial charge in [0.1, 0.15) is 11.2 Å². The van der Waals surface area contributed by atoms with Gasteiger partial charge >= 0.3 is 0 Å². The molecule has 210 valence electrons. The van der Waals surface area contributed by atoms with Gasteiger partial charge in [0.25, 0.3) is 0 Å². The Labute approximate surface area is 272 Å². The van der Waals surface area contributed by atoms with Gasteiger partial charge < -0.3 is 8.98 Å². The molecule has 0 bridgehead atoms. The average Bonchev–Trinajstić information content (AvgIpc) is 3.86. The molecule has 0 atom stereocenters. The molecule has 45 heavy (non-hydrogen) atoms. The molecule has 0 fully saturated rings. The molecule has 3 aromatic heterocycles. The highest BCUT2D eigenvalue weighted by atomic mass is 32.1. The number of hydrogen-bond donors (Lipinski definition) is 0. The van der Waals surface area contributed by atoms with E-state index in [-0.39, 0.29) is 57.7 Å². The van der Waals surface area contributed by atoms with Crippen molar-refractivity contribution in [3.63, 3.8) is 0 Å². The normalized spacial score (nSPS) is 14.2.